The van der Waals surface area contributed by atoms with Crippen molar-refractivity contribution >= 4 is 11.9 Å². The molecule has 1 aromatic heterocycles. The zero-order chi connectivity index (χ0) is 11.3. The van der Waals surface area contributed by atoms with Crippen molar-refractivity contribution in [2.45, 2.75) is 6.92 Å². The summed E-state index contributed by atoms with van der Waals surface area (Å²) in [6, 6.07) is 3.25. The molecule has 0 bridgehead atoms. The summed E-state index contributed by atoms with van der Waals surface area (Å²) in [6.45, 7) is 1.81. The van der Waals surface area contributed by atoms with Crippen LogP contribution in [0.25, 0.3) is 0 Å². The second-order valence-electron chi connectivity index (χ2n) is 2.95. The topological polar surface area (TPSA) is 70.5 Å². The summed E-state index contributed by atoms with van der Waals surface area (Å²) >= 11 is 0. The Kier molecular flexibility index (Phi) is 3.79. The van der Waals surface area contributed by atoms with Crippen molar-refractivity contribution in [2.24, 2.45) is 0 Å². The molecule has 0 saturated carbocycles. The Bertz CT molecular complexity index is 351. The largest absolute Gasteiger partial charge is 0.480 e. The highest BCUT2D eigenvalue weighted by atomic mass is 16.4. The second kappa shape index (κ2) is 5.09. The van der Waals surface area contributed by atoms with E-state index in [2.05, 4.69) is 4.98 Å². The van der Waals surface area contributed by atoms with Gasteiger partial charge in [-0.15, -0.1) is 0 Å². The van der Waals surface area contributed by atoms with Crippen LogP contribution in [-0.2, 0) is 4.79 Å². The van der Waals surface area contributed by atoms with Crippen LogP contribution < -0.4 is 0 Å². The number of carboxylic acids is 1. The molecule has 0 spiro atoms. The van der Waals surface area contributed by atoms with E-state index < -0.39 is 5.97 Å². The first-order chi connectivity index (χ1) is 7.15. The van der Waals surface area contributed by atoms with Gasteiger partial charge in [-0.3, -0.25) is 14.6 Å². The molecule has 0 saturated heterocycles. The second-order valence-corrected chi connectivity index (χ2v) is 2.95. The van der Waals surface area contributed by atoms with E-state index in [0.717, 1.165) is 0 Å². The van der Waals surface area contributed by atoms with Crippen LogP contribution in [0.4, 0.5) is 0 Å². The average Bonchev–Trinajstić information content (AvgIpc) is 2.26. The lowest BCUT2D eigenvalue weighted by Crippen LogP contribution is -2.35. The number of nitrogens with zero attached hydrogens (tertiary/aromatic N) is 2. The lowest BCUT2D eigenvalue weighted by molar-refractivity contribution is -0.137. The number of likely N-dealkylation sites (N-methyl/N-ethyl adjacent to an activating group) is 1. The molecule has 0 radical (unpaired) electrons. The molecule has 80 valence electrons. The molecule has 5 nitrogen and oxygen atoms in total. The Labute approximate surface area is 87.4 Å². The molecule has 0 fully saturated rings. The smallest absolute Gasteiger partial charge is 0.323 e. The first kappa shape index (κ1) is 11.2. The molecule has 15 heavy (non-hydrogen) atoms. The third kappa shape index (κ3) is 3.05. The minimum absolute atomic E-state index is 0.287. The maximum Gasteiger partial charge on any atom is 0.323 e. The molecule has 0 unspecified atom stereocenters. The molecule has 0 aliphatic rings. The molecule has 1 amide bonds. The number of amides is 1. The van der Waals surface area contributed by atoms with E-state index >= 15 is 0 Å². The summed E-state index contributed by atoms with van der Waals surface area (Å²) < 4.78 is 0. The van der Waals surface area contributed by atoms with Crippen LogP contribution in [0.5, 0.6) is 0 Å². The minimum atomic E-state index is -1.02. The van der Waals surface area contributed by atoms with E-state index in [1.54, 1.807) is 25.3 Å². The van der Waals surface area contributed by atoms with Crippen molar-refractivity contribution in [2.75, 3.05) is 13.1 Å². The average molecular weight is 208 g/mol. The van der Waals surface area contributed by atoms with Crippen molar-refractivity contribution in [1.82, 2.24) is 9.88 Å². The van der Waals surface area contributed by atoms with Crippen LogP contribution in [-0.4, -0.2) is 40.0 Å². The summed E-state index contributed by atoms with van der Waals surface area (Å²) in [5.74, 6) is -1.33. The highest BCUT2D eigenvalue weighted by Gasteiger charge is 2.16. The number of rotatable bonds is 4. The Morgan fingerprint density at radius 1 is 1.53 bits per heavy atom. The number of pyridine rings is 1. The van der Waals surface area contributed by atoms with Gasteiger partial charge in [-0.05, 0) is 19.1 Å². The van der Waals surface area contributed by atoms with E-state index in [1.165, 1.54) is 11.1 Å². The Morgan fingerprint density at radius 3 is 2.73 bits per heavy atom. The van der Waals surface area contributed by atoms with E-state index in [-0.39, 0.29) is 12.5 Å². The number of carbonyl (C=O) groups is 2. The molecule has 1 aromatic rings. The minimum Gasteiger partial charge on any atom is -0.480 e. The molecule has 0 aliphatic heterocycles. The first-order valence-electron chi connectivity index (χ1n) is 4.56. The van der Waals surface area contributed by atoms with Crippen molar-refractivity contribution in [3.05, 3.63) is 30.1 Å². The van der Waals surface area contributed by atoms with Gasteiger partial charge in [-0.2, -0.15) is 0 Å². The van der Waals surface area contributed by atoms with Gasteiger partial charge in [0.05, 0.1) is 5.56 Å². The zero-order valence-electron chi connectivity index (χ0n) is 8.38. The SMILES string of the molecule is CCN(CC(=O)O)C(=O)c1cccnc1. The third-order valence-corrected chi connectivity index (χ3v) is 1.90. The summed E-state index contributed by atoms with van der Waals surface area (Å²) in [5.41, 5.74) is 0.403. The molecule has 5 heteroatoms. The summed E-state index contributed by atoms with van der Waals surface area (Å²) in [4.78, 5) is 27.3. The van der Waals surface area contributed by atoms with E-state index in [1.807, 2.05) is 0 Å². The fourth-order valence-electron chi connectivity index (χ4n) is 1.16. The number of carboxylic acid groups (broad SMARTS) is 1. The van der Waals surface area contributed by atoms with Gasteiger partial charge in [0.1, 0.15) is 6.54 Å². The number of aliphatic carboxylic acids is 1. The van der Waals surface area contributed by atoms with Crippen LogP contribution in [0.1, 0.15) is 17.3 Å². The normalized spacial score (nSPS) is 9.67. The Balaban J connectivity index is 2.78. The predicted molar refractivity (Wildman–Crippen MR) is 53.5 cm³/mol. The maximum atomic E-state index is 11.7. The van der Waals surface area contributed by atoms with E-state index in [0.29, 0.717) is 12.1 Å². The Morgan fingerprint density at radius 2 is 2.27 bits per heavy atom. The van der Waals surface area contributed by atoms with Gasteiger partial charge < -0.3 is 10.0 Å². The van der Waals surface area contributed by atoms with Gasteiger partial charge in [-0.1, -0.05) is 0 Å². The van der Waals surface area contributed by atoms with Crippen molar-refractivity contribution in [3.63, 3.8) is 0 Å². The molecule has 1 heterocycles. The number of carbonyl (C=O) groups excluding carboxylic acids is 1. The van der Waals surface area contributed by atoms with Crippen LogP contribution in [0.2, 0.25) is 0 Å². The van der Waals surface area contributed by atoms with Gasteiger partial charge in [-0.25, -0.2) is 0 Å². The summed E-state index contributed by atoms with van der Waals surface area (Å²) in [6.07, 6.45) is 2.98. The number of aromatic nitrogens is 1. The molecule has 0 aliphatic carbocycles. The third-order valence-electron chi connectivity index (χ3n) is 1.90. The summed E-state index contributed by atoms with van der Waals surface area (Å²) in [5, 5.41) is 8.60. The molecular formula is C10H12N2O3. The Hall–Kier alpha value is -1.91. The van der Waals surface area contributed by atoms with Crippen LogP contribution >= 0.6 is 0 Å². The first-order valence-corrected chi connectivity index (χ1v) is 4.56. The molecular weight excluding hydrogens is 196 g/mol. The van der Waals surface area contributed by atoms with Crippen molar-refractivity contribution < 1.29 is 14.7 Å². The molecule has 0 aromatic carbocycles. The van der Waals surface area contributed by atoms with Crippen LogP contribution in [0.3, 0.4) is 0 Å². The van der Waals surface area contributed by atoms with Crippen molar-refractivity contribution in [1.29, 1.82) is 0 Å². The van der Waals surface area contributed by atoms with Crippen molar-refractivity contribution in [3.8, 4) is 0 Å². The highest BCUT2D eigenvalue weighted by molar-refractivity contribution is 5.95. The zero-order valence-corrected chi connectivity index (χ0v) is 8.38. The lowest BCUT2D eigenvalue weighted by Gasteiger charge is -2.17. The van der Waals surface area contributed by atoms with Gasteiger partial charge in [0, 0.05) is 18.9 Å². The lowest BCUT2D eigenvalue weighted by atomic mass is 10.2. The standard InChI is InChI=1S/C10H12N2O3/c1-2-12(7-9(13)14)10(15)8-4-3-5-11-6-8/h3-6H,2,7H2,1H3,(H,13,14). The van der Waals surface area contributed by atoms with Gasteiger partial charge >= 0.3 is 5.97 Å². The van der Waals surface area contributed by atoms with E-state index in [4.69, 9.17) is 5.11 Å². The fourth-order valence-corrected chi connectivity index (χ4v) is 1.16. The van der Waals surface area contributed by atoms with Crippen LogP contribution in [0.15, 0.2) is 24.5 Å². The van der Waals surface area contributed by atoms with Crippen LogP contribution in [0, 0.1) is 0 Å². The van der Waals surface area contributed by atoms with E-state index in [9.17, 15) is 9.59 Å². The number of hydrogen-bond donors (Lipinski definition) is 1. The maximum absolute atomic E-state index is 11.7. The van der Waals surface area contributed by atoms with Gasteiger partial charge in [0.25, 0.3) is 5.91 Å². The fraction of sp³-hybridized carbons (Fsp3) is 0.300. The van der Waals surface area contributed by atoms with Gasteiger partial charge in [0.15, 0.2) is 0 Å². The molecule has 1 N–H and O–H groups in total. The summed E-state index contributed by atoms with van der Waals surface area (Å²) in [7, 11) is 0. The quantitative estimate of drug-likeness (QED) is 0.787. The number of hydrogen-bond acceptors (Lipinski definition) is 3. The molecule has 1 rings (SSSR count). The van der Waals surface area contributed by atoms with Gasteiger partial charge in [0.2, 0.25) is 0 Å². The molecule has 0 atom stereocenters. The predicted octanol–water partition coefficient (Wildman–Crippen LogP) is 0.628. The monoisotopic (exact) mass is 208 g/mol. The highest BCUT2D eigenvalue weighted by Crippen LogP contribution is 2.02.